The van der Waals surface area contributed by atoms with Gasteiger partial charge in [-0.2, -0.15) is 0 Å². The molecular weight excluding hydrogens is 308 g/mol. The molecule has 2 atom stereocenters. The van der Waals surface area contributed by atoms with E-state index >= 15 is 0 Å². The van der Waals surface area contributed by atoms with Crippen LogP contribution < -0.4 is 5.32 Å². The molecule has 2 aromatic rings. The summed E-state index contributed by atoms with van der Waals surface area (Å²) in [5.41, 5.74) is 2.37. The number of hydrogen-bond donors (Lipinski definition) is 1. The first kappa shape index (κ1) is 13.7. The monoisotopic (exact) mass is 324 g/mol. The van der Waals surface area contributed by atoms with Crippen molar-refractivity contribution in [3.05, 3.63) is 50.4 Å². The van der Waals surface area contributed by atoms with Gasteiger partial charge in [0, 0.05) is 21.6 Å². The zero-order valence-corrected chi connectivity index (χ0v) is 13.2. The number of nitrogens with one attached hydrogen (secondary N) is 1. The second-order valence-electron chi connectivity index (χ2n) is 4.46. The van der Waals surface area contributed by atoms with E-state index in [-0.39, 0.29) is 6.04 Å². The Bertz CT molecular complexity index is 524. The second kappa shape index (κ2) is 5.95. The third-order valence-corrected chi connectivity index (χ3v) is 4.75. The standard InChI is InChI=1S/C14H17BrN2S/c1-9-8-18-14(16-9)11(3)17-10(2)12-6-4-5-7-13(12)15/h4-8,10-11,17H,1-3H3. The molecule has 0 aliphatic carbocycles. The molecule has 2 unspecified atom stereocenters. The molecule has 1 heterocycles. The molecule has 1 aromatic carbocycles. The minimum Gasteiger partial charge on any atom is -0.301 e. The zero-order chi connectivity index (χ0) is 13.1. The van der Waals surface area contributed by atoms with Crippen molar-refractivity contribution < 1.29 is 0 Å². The van der Waals surface area contributed by atoms with Gasteiger partial charge in [0.15, 0.2) is 0 Å². The molecule has 0 radical (unpaired) electrons. The predicted molar refractivity (Wildman–Crippen MR) is 81.0 cm³/mol. The first-order valence-electron chi connectivity index (χ1n) is 6.00. The summed E-state index contributed by atoms with van der Waals surface area (Å²) in [4.78, 5) is 4.52. The fourth-order valence-corrected chi connectivity index (χ4v) is 3.37. The first-order chi connectivity index (χ1) is 8.58. The minimum atomic E-state index is 0.269. The summed E-state index contributed by atoms with van der Waals surface area (Å²) < 4.78 is 1.15. The molecule has 2 nitrogen and oxygen atoms in total. The van der Waals surface area contributed by atoms with Crippen LogP contribution in [0.4, 0.5) is 0 Å². The van der Waals surface area contributed by atoms with Gasteiger partial charge in [-0.1, -0.05) is 34.1 Å². The molecule has 0 saturated carbocycles. The third-order valence-electron chi connectivity index (χ3n) is 2.88. The van der Waals surface area contributed by atoms with Gasteiger partial charge in [0.05, 0.1) is 6.04 Å². The normalized spacial score (nSPS) is 14.4. The molecule has 0 saturated heterocycles. The number of aromatic nitrogens is 1. The smallest absolute Gasteiger partial charge is 0.110 e. The highest BCUT2D eigenvalue weighted by atomic mass is 79.9. The van der Waals surface area contributed by atoms with Crippen LogP contribution in [0.3, 0.4) is 0 Å². The Labute approximate surface area is 121 Å². The third kappa shape index (κ3) is 3.19. The van der Waals surface area contributed by atoms with Crippen LogP contribution in [-0.4, -0.2) is 4.98 Å². The lowest BCUT2D eigenvalue weighted by Gasteiger charge is -2.19. The number of benzene rings is 1. The van der Waals surface area contributed by atoms with E-state index in [2.05, 4.69) is 63.7 Å². The fraction of sp³-hybridized carbons (Fsp3) is 0.357. The summed E-state index contributed by atoms with van der Waals surface area (Å²) in [6, 6.07) is 8.88. The molecule has 0 aliphatic rings. The van der Waals surface area contributed by atoms with Gasteiger partial charge in [-0.25, -0.2) is 4.98 Å². The topological polar surface area (TPSA) is 24.9 Å². The summed E-state index contributed by atoms with van der Waals surface area (Å²) in [6.07, 6.45) is 0. The SMILES string of the molecule is Cc1csc(C(C)NC(C)c2ccccc2Br)n1. The number of nitrogens with zero attached hydrogens (tertiary/aromatic N) is 1. The largest absolute Gasteiger partial charge is 0.301 e. The van der Waals surface area contributed by atoms with E-state index in [1.54, 1.807) is 11.3 Å². The minimum absolute atomic E-state index is 0.269. The van der Waals surface area contributed by atoms with Crippen molar-refractivity contribution in [1.82, 2.24) is 10.3 Å². The van der Waals surface area contributed by atoms with Crippen molar-refractivity contribution in [2.24, 2.45) is 0 Å². The van der Waals surface area contributed by atoms with E-state index in [0.717, 1.165) is 15.2 Å². The Morgan fingerprint density at radius 3 is 2.56 bits per heavy atom. The van der Waals surface area contributed by atoms with Gasteiger partial charge in [-0.05, 0) is 32.4 Å². The molecule has 0 bridgehead atoms. The van der Waals surface area contributed by atoms with Crippen molar-refractivity contribution in [1.29, 1.82) is 0 Å². The van der Waals surface area contributed by atoms with Crippen molar-refractivity contribution in [3.8, 4) is 0 Å². The van der Waals surface area contributed by atoms with Crippen LogP contribution in [-0.2, 0) is 0 Å². The van der Waals surface area contributed by atoms with E-state index in [1.807, 2.05) is 13.0 Å². The van der Waals surface area contributed by atoms with Crippen molar-refractivity contribution in [2.75, 3.05) is 0 Å². The summed E-state index contributed by atoms with van der Waals surface area (Å²) >= 11 is 5.31. The van der Waals surface area contributed by atoms with E-state index in [0.29, 0.717) is 6.04 Å². The Morgan fingerprint density at radius 1 is 1.22 bits per heavy atom. The molecule has 1 aromatic heterocycles. The van der Waals surface area contributed by atoms with E-state index in [4.69, 9.17) is 0 Å². The van der Waals surface area contributed by atoms with Gasteiger partial charge in [0.1, 0.15) is 5.01 Å². The first-order valence-corrected chi connectivity index (χ1v) is 7.67. The molecule has 2 rings (SSSR count). The molecule has 0 fully saturated rings. The maximum absolute atomic E-state index is 4.52. The molecule has 96 valence electrons. The highest BCUT2D eigenvalue weighted by molar-refractivity contribution is 9.10. The van der Waals surface area contributed by atoms with Gasteiger partial charge in [-0.15, -0.1) is 11.3 Å². The average Bonchev–Trinajstić information content (AvgIpc) is 2.76. The van der Waals surface area contributed by atoms with Crippen LogP contribution in [0.15, 0.2) is 34.1 Å². The summed E-state index contributed by atoms with van der Waals surface area (Å²) in [6.45, 7) is 6.37. The zero-order valence-electron chi connectivity index (χ0n) is 10.8. The van der Waals surface area contributed by atoms with E-state index in [9.17, 15) is 0 Å². The Kier molecular flexibility index (Phi) is 4.54. The van der Waals surface area contributed by atoms with Crippen LogP contribution >= 0.6 is 27.3 Å². The molecule has 0 spiro atoms. The van der Waals surface area contributed by atoms with Crippen LogP contribution in [0.5, 0.6) is 0 Å². The number of halogens is 1. The number of hydrogen-bond acceptors (Lipinski definition) is 3. The van der Waals surface area contributed by atoms with Gasteiger partial charge in [0.25, 0.3) is 0 Å². The van der Waals surface area contributed by atoms with Gasteiger partial charge < -0.3 is 5.32 Å². The van der Waals surface area contributed by atoms with Crippen LogP contribution in [0.1, 0.15) is 42.2 Å². The number of aryl methyl sites for hydroxylation is 1. The molecule has 4 heteroatoms. The Morgan fingerprint density at radius 2 is 1.94 bits per heavy atom. The Balaban J connectivity index is 2.08. The van der Waals surface area contributed by atoms with Crippen molar-refractivity contribution in [2.45, 2.75) is 32.9 Å². The molecule has 1 N–H and O–H groups in total. The molecule has 0 aliphatic heterocycles. The van der Waals surface area contributed by atoms with Crippen molar-refractivity contribution in [3.63, 3.8) is 0 Å². The molecular formula is C14H17BrN2S. The van der Waals surface area contributed by atoms with Crippen LogP contribution in [0.2, 0.25) is 0 Å². The maximum atomic E-state index is 4.52. The number of thiazole rings is 1. The highest BCUT2D eigenvalue weighted by Crippen LogP contribution is 2.26. The van der Waals surface area contributed by atoms with E-state index < -0.39 is 0 Å². The van der Waals surface area contributed by atoms with Crippen LogP contribution in [0, 0.1) is 6.92 Å². The summed E-state index contributed by atoms with van der Waals surface area (Å²) in [5, 5.41) is 6.82. The summed E-state index contributed by atoms with van der Waals surface area (Å²) in [7, 11) is 0. The number of rotatable bonds is 4. The van der Waals surface area contributed by atoms with Crippen molar-refractivity contribution >= 4 is 27.3 Å². The van der Waals surface area contributed by atoms with Gasteiger partial charge in [-0.3, -0.25) is 0 Å². The maximum Gasteiger partial charge on any atom is 0.110 e. The van der Waals surface area contributed by atoms with E-state index in [1.165, 1.54) is 5.56 Å². The molecule has 18 heavy (non-hydrogen) atoms. The van der Waals surface area contributed by atoms with Gasteiger partial charge >= 0.3 is 0 Å². The lowest BCUT2D eigenvalue weighted by Crippen LogP contribution is -2.22. The summed E-state index contributed by atoms with van der Waals surface area (Å²) in [5.74, 6) is 0. The predicted octanol–water partition coefficient (Wildman–Crippen LogP) is 4.63. The molecule has 0 amide bonds. The lowest BCUT2D eigenvalue weighted by atomic mass is 10.1. The van der Waals surface area contributed by atoms with Crippen LogP contribution in [0.25, 0.3) is 0 Å². The average molecular weight is 325 g/mol. The lowest BCUT2D eigenvalue weighted by molar-refractivity contribution is 0.491. The Hall–Kier alpha value is -0.710. The highest BCUT2D eigenvalue weighted by Gasteiger charge is 2.15. The fourth-order valence-electron chi connectivity index (χ4n) is 1.93. The quantitative estimate of drug-likeness (QED) is 0.887. The second-order valence-corrected chi connectivity index (χ2v) is 6.20. The van der Waals surface area contributed by atoms with Gasteiger partial charge in [0.2, 0.25) is 0 Å².